The molecule has 1 fully saturated rings. The van der Waals surface area contributed by atoms with E-state index in [1.165, 1.54) is 19.1 Å². The Balaban J connectivity index is 2.62. The first-order valence-electron chi connectivity index (χ1n) is 8.16. The Morgan fingerprint density at radius 1 is 1.31 bits per heavy atom. The molecule has 1 aromatic rings. The number of anilines is 1. The molecule has 1 amide bonds. The second kappa shape index (κ2) is 6.82. The summed E-state index contributed by atoms with van der Waals surface area (Å²) in [6.45, 7) is 8.51. The Hall–Kier alpha value is -1.65. The average molecular weight is 405 g/mol. The highest BCUT2D eigenvalue weighted by Gasteiger charge is 2.42. The van der Waals surface area contributed by atoms with E-state index in [9.17, 15) is 21.6 Å². The van der Waals surface area contributed by atoms with E-state index in [0.29, 0.717) is 4.31 Å². The van der Waals surface area contributed by atoms with Crippen molar-refractivity contribution in [2.24, 2.45) is 5.92 Å². The zero-order valence-corrected chi connectivity index (χ0v) is 17.1. The molecule has 1 N–H and O–H groups in total. The zero-order chi connectivity index (χ0) is 19.9. The van der Waals surface area contributed by atoms with Crippen LogP contribution in [0.2, 0.25) is 0 Å². The van der Waals surface area contributed by atoms with Crippen LogP contribution in [0.5, 0.6) is 5.75 Å². The predicted octanol–water partition coefficient (Wildman–Crippen LogP) is 1.47. The molecule has 2 rings (SSSR count). The van der Waals surface area contributed by atoms with Crippen LogP contribution in [0.4, 0.5) is 5.69 Å². The van der Waals surface area contributed by atoms with Gasteiger partial charge in [-0.15, -0.1) is 0 Å². The molecule has 0 bridgehead atoms. The molecule has 1 atom stereocenters. The van der Waals surface area contributed by atoms with E-state index in [2.05, 4.69) is 4.72 Å². The second-order valence-corrected chi connectivity index (χ2v) is 10.7. The van der Waals surface area contributed by atoms with Crippen molar-refractivity contribution in [3.63, 3.8) is 0 Å². The standard InChI is InChI=1S/C16H24N2O6S2/c1-6-24-13-8-7-12(18-15(19)11(2)10-25(18,20)21)9-14(13)26(22,23)17-16(3,4)5/h7-9,11,17H,6,10H2,1-5H3. The van der Waals surface area contributed by atoms with Gasteiger partial charge in [0.15, 0.2) is 0 Å². The third kappa shape index (κ3) is 4.18. The molecule has 0 aliphatic carbocycles. The van der Waals surface area contributed by atoms with E-state index >= 15 is 0 Å². The Kier molecular flexibility index (Phi) is 5.42. The van der Waals surface area contributed by atoms with Crippen LogP contribution >= 0.6 is 0 Å². The van der Waals surface area contributed by atoms with Crippen LogP contribution in [-0.4, -0.2) is 40.6 Å². The summed E-state index contributed by atoms with van der Waals surface area (Å²) in [4.78, 5) is 12.1. The van der Waals surface area contributed by atoms with Crippen LogP contribution < -0.4 is 13.8 Å². The molecular formula is C16H24N2O6S2. The third-order valence-corrected chi connectivity index (χ3v) is 7.20. The van der Waals surface area contributed by atoms with Gasteiger partial charge < -0.3 is 4.74 Å². The summed E-state index contributed by atoms with van der Waals surface area (Å²) in [5.74, 6) is -1.48. The maximum absolute atomic E-state index is 12.8. The molecule has 1 heterocycles. The normalized spacial score (nSPS) is 20.4. The molecule has 1 aliphatic heterocycles. The van der Waals surface area contributed by atoms with Crippen LogP contribution in [0.15, 0.2) is 23.1 Å². The van der Waals surface area contributed by atoms with Gasteiger partial charge in [-0.25, -0.2) is 25.9 Å². The Bertz CT molecular complexity index is 917. The van der Waals surface area contributed by atoms with E-state index in [0.717, 1.165) is 6.07 Å². The zero-order valence-electron chi connectivity index (χ0n) is 15.4. The third-order valence-electron chi connectivity index (χ3n) is 3.55. The number of hydrogen-bond donors (Lipinski definition) is 1. The number of benzene rings is 1. The maximum atomic E-state index is 12.8. The number of nitrogens with one attached hydrogen (secondary N) is 1. The molecular weight excluding hydrogens is 380 g/mol. The van der Waals surface area contributed by atoms with Crippen LogP contribution in [0.1, 0.15) is 34.6 Å². The fourth-order valence-corrected chi connectivity index (χ4v) is 6.05. The number of nitrogens with zero attached hydrogens (tertiary/aromatic N) is 1. The van der Waals surface area contributed by atoms with E-state index in [-0.39, 0.29) is 28.7 Å². The second-order valence-electron chi connectivity index (χ2n) is 7.20. The molecule has 1 saturated heterocycles. The van der Waals surface area contributed by atoms with Gasteiger partial charge in [0.1, 0.15) is 10.6 Å². The summed E-state index contributed by atoms with van der Waals surface area (Å²) < 4.78 is 58.7. The van der Waals surface area contributed by atoms with Crippen LogP contribution in [0.3, 0.4) is 0 Å². The van der Waals surface area contributed by atoms with Crippen LogP contribution in [-0.2, 0) is 24.8 Å². The maximum Gasteiger partial charge on any atom is 0.244 e. The van der Waals surface area contributed by atoms with Crippen molar-refractivity contribution in [1.29, 1.82) is 0 Å². The van der Waals surface area contributed by atoms with E-state index in [1.807, 2.05) is 0 Å². The van der Waals surface area contributed by atoms with Gasteiger partial charge >= 0.3 is 0 Å². The minimum Gasteiger partial charge on any atom is -0.492 e. The minimum absolute atomic E-state index is 0.0166. The lowest BCUT2D eigenvalue weighted by molar-refractivity contribution is -0.119. The highest BCUT2D eigenvalue weighted by molar-refractivity contribution is 7.94. The number of carbonyl (C=O) groups is 1. The average Bonchev–Trinajstić information content (AvgIpc) is 2.65. The smallest absolute Gasteiger partial charge is 0.244 e. The van der Waals surface area contributed by atoms with Crippen molar-refractivity contribution in [2.75, 3.05) is 16.7 Å². The number of rotatable bonds is 5. The van der Waals surface area contributed by atoms with Crippen molar-refractivity contribution in [3.05, 3.63) is 18.2 Å². The van der Waals surface area contributed by atoms with Crippen molar-refractivity contribution in [2.45, 2.75) is 45.1 Å². The fourth-order valence-electron chi connectivity index (χ4n) is 2.65. The summed E-state index contributed by atoms with van der Waals surface area (Å²) in [6.07, 6.45) is 0. The minimum atomic E-state index is -4.00. The highest BCUT2D eigenvalue weighted by Crippen LogP contribution is 2.34. The SMILES string of the molecule is CCOc1ccc(N2C(=O)C(C)CS2(=O)=O)cc1S(=O)(=O)NC(C)(C)C. The molecule has 26 heavy (non-hydrogen) atoms. The molecule has 8 nitrogen and oxygen atoms in total. The van der Waals surface area contributed by atoms with Gasteiger partial charge in [0, 0.05) is 5.54 Å². The summed E-state index contributed by atoms with van der Waals surface area (Å²) in [6, 6.07) is 3.89. The van der Waals surface area contributed by atoms with E-state index in [4.69, 9.17) is 4.74 Å². The lowest BCUT2D eigenvalue weighted by Gasteiger charge is -2.23. The molecule has 146 valence electrons. The summed E-state index contributed by atoms with van der Waals surface area (Å²) in [7, 11) is -7.83. The van der Waals surface area contributed by atoms with Gasteiger partial charge in [0.25, 0.3) is 0 Å². The molecule has 0 radical (unpaired) electrons. The van der Waals surface area contributed by atoms with Gasteiger partial charge in [0.2, 0.25) is 26.0 Å². The molecule has 1 unspecified atom stereocenters. The first-order chi connectivity index (χ1) is 11.8. The summed E-state index contributed by atoms with van der Waals surface area (Å²) in [5.41, 5.74) is -0.764. The van der Waals surface area contributed by atoms with Crippen LogP contribution in [0.25, 0.3) is 0 Å². The van der Waals surface area contributed by atoms with Crippen molar-refractivity contribution in [3.8, 4) is 5.75 Å². The van der Waals surface area contributed by atoms with Crippen molar-refractivity contribution < 1.29 is 26.4 Å². The lowest BCUT2D eigenvalue weighted by atomic mass is 10.1. The van der Waals surface area contributed by atoms with E-state index in [1.54, 1.807) is 27.7 Å². The summed E-state index contributed by atoms with van der Waals surface area (Å²) in [5, 5.41) is 0. The topological polar surface area (TPSA) is 110 Å². The van der Waals surface area contributed by atoms with Crippen LogP contribution in [0, 0.1) is 5.92 Å². The van der Waals surface area contributed by atoms with Gasteiger partial charge in [-0.05, 0) is 45.9 Å². The Morgan fingerprint density at radius 3 is 2.38 bits per heavy atom. The largest absolute Gasteiger partial charge is 0.492 e. The molecule has 0 aromatic heterocycles. The first kappa shape index (κ1) is 20.7. The molecule has 1 aliphatic rings. The summed E-state index contributed by atoms with van der Waals surface area (Å²) >= 11 is 0. The number of carbonyl (C=O) groups excluding carboxylic acids is 1. The molecule has 10 heteroatoms. The van der Waals surface area contributed by atoms with E-state index < -0.39 is 37.4 Å². The van der Waals surface area contributed by atoms with Crippen molar-refractivity contribution >= 4 is 31.6 Å². The first-order valence-corrected chi connectivity index (χ1v) is 11.3. The number of amides is 1. The van der Waals surface area contributed by atoms with Crippen molar-refractivity contribution in [1.82, 2.24) is 4.72 Å². The van der Waals surface area contributed by atoms with Gasteiger partial charge in [0.05, 0.1) is 24.0 Å². The highest BCUT2D eigenvalue weighted by atomic mass is 32.2. The number of hydrogen-bond acceptors (Lipinski definition) is 6. The van der Waals surface area contributed by atoms with Gasteiger partial charge in [-0.1, -0.05) is 6.92 Å². The Morgan fingerprint density at radius 2 is 1.92 bits per heavy atom. The Labute approximate surface area is 154 Å². The molecule has 0 saturated carbocycles. The number of sulfonamides is 2. The van der Waals surface area contributed by atoms with Gasteiger partial charge in [-0.3, -0.25) is 4.79 Å². The lowest BCUT2D eigenvalue weighted by Crippen LogP contribution is -2.40. The quantitative estimate of drug-likeness (QED) is 0.796. The predicted molar refractivity (Wildman–Crippen MR) is 98.1 cm³/mol. The fraction of sp³-hybridized carbons (Fsp3) is 0.562. The number of ether oxygens (including phenoxy) is 1. The van der Waals surface area contributed by atoms with Gasteiger partial charge in [-0.2, -0.15) is 0 Å². The molecule has 0 spiro atoms. The monoisotopic (exact) mass is 404 g/mol. The molecule has 1 aromatic carbocycles.